The van der Waals surface area contributed by atoms with Crippen molar-refractivity contribution in [3.63, 3.8) is 0 Å². The Morgan fingerprint density at radius 3 is 0.566 bits per heavy atom. The van der Waals surface area contributed by atoms with Crippen LogP contribution in [-0.2, 0) is 0 Å². The van der Waals surface area contributed by atoms with E-state index >= 15 is 0 Å². The summed E-state index contributed by atoms with van der Waals surface area (Å²) in [5.41, 5.74) is 32.7. The largest absolute Gasteiger partial charge is 0.298 e. The molecule has 2 heterocycles. The summed E-state index contributed by atoms with van der Waals surface area (Å²) in [6, 6.07) is 38.7. The first-order valence-corrected chi connectivity index (χ1v) is 28.9. The maximum atomic E-state index is 2.46. The van der Waals surface area contributed by atoms with Gasteiger partial charge in [0.05, 0.1) is 84.6 Å². The number of rotatable bonds is 13. The molecule has 0 aliphatic rings. The first-order chi connectivity index (χ1) is 35.1. The summed E-state index contributed by atoms with van der Waals surface area (Å²) in [4.78, 5) is 5.24. The Labute approximate surface area is 468 Å². The number of quaternary nitrogens is 4. The van der Waals surface area contributed by atoms with E-state index in [1.165, 1.54) is 153 Å². The van der Waals surface area contributed by atoms with Crippen molar-refractivity contribution < 1.29 is 0 Å². The van der Waals surface area contributed by atoms with Crippen molar-refractivity contribution in [2.75, 3.05) is 84.6 Å². The zero-order chi connectivity index (χ0) is 56.0. The summed E-state index contributed by atoms with van der Waals surface area (Å²) in [7, 11) is 27.2. The standard InChI is InChI=1S/C68H88B2N4S2/c1-41-29-53(30-42(2)63(41)69(65-45(5)33-55(34-46(65)6)71(13,14)15)66-47(7)35-56(36-48(66)8)72(16,17)18)59-25-27-61(75-59)62-28-26-60(76-62)54-31-43(3)64(44(4)32-54)70(67-49(9)37-57(38-50(67)10)73(19,20)21)68-51(11)39-58(40-52(68)12)74(22,23)24/h25-40H,1-24H3/q+4. The van der Waals surface area contributed by atoms with E-state index in [1.54, 1.807) is 0 Å². The highest BCUT2D eigenvalue weighted by molar-refractivity contribution is 7.25. The average molecular weight is 1050 g/mol. The predicted molar refractivity (Wildman–Crippen MR) is 349 cm³/mol. The van der Waals surface area contributed by atoms with Crippen molar-refractivity contribution in [2.45, 2.75) is 83.1 Å². The Kier molecular flexibility index (Phi) is 15.3. The number of thiophene rings is 2. The van der Waals surface area contributed by atoms with E-state index in [0.29, 0.717) is 0 Å². The maximum Gasteiger partial charge on any atom is 0.243 e. The number of hydrogen-bond acceptors (Lipinski definition) is 2. The van der Waals surface area contributed by atoms with Gasteiger partial charge in [-0.2, -0.15) is 0 Å². The van der Waals surface area contributed by atoms with Crippen molar-refractivity contribution in [3.8, 4) is 30.6 Å². The van der Waals surface area contributed by atoms with Crippen molar-refractivity contribution in [1.29, 1.82) is 0 Å². The Bertz CT molecular complexity index is 3050. The second-order valence-electron chi connectivity index (χ2n) is 26.3. The highest BCUT2D eigenvalue weighted by Gasteiger charge is 2.35. The highest BCUT2D eigenvalue weighted by atomic mass is 32.1. The SMILES string of the molecule is Cc1cc(-c2ccc(-c3ccc(-c4cc(C)c(B(c5c(C)cc([N+](C)(C)C)cc5C)c5c(C)cc([N+](C)(C)C)cc5C)c(C)c4)s3)s2)cc(C)c1B(c1c(C)cc([N+](C)(C)C)cc1C)c1c(C)cc([N+](C)(C)C)cc1C. The Hall–Kier alpha value is -5.31. The predicted octanol–water partition coefficient (Wildman–Crippen LogP) is 12.3. The fourth-order valence-electron chi connectivity index (χ4n) is 12.4. The van der Waals surface area contributed by atoms with Gasteiger partial charge in [0, 0.05) is 68.0 Å². The molecule has 0 unspecified atom stereocenters. The van der Waals surface area contributed by atoms with Crippen LogP contribution < -0.4 is 50.7 Å². The molecule has 0 amide bonds. The summed E-state index contributed by atoms with van der Waals surface area (Å²) in [6.45, 7) is 28.3. The minimum absolute atomic E-state index is 0.105. The number of nitrogens with zero attached hydrogens (tertiary/aromatic N) is 4. The molecule has 0 saturated carbocycles. The minimum atomic E-state index is 0.105. The molecule has 0 fully saturated rings. The topological polar surface area (TPSA) is 0 Å². The highest BCUT2D eigenvalue weighted by Crippen LogP contribution is 2.41. The molecule has 394 valence electrons. The Morgan fingerprint density at radius 2 is 0.395 bits per heavy atom. The van der Waals surface area contributed by atoms with E-state index in [-0.39, 0.29) is 13.4 Å². The number of aryl methyl sites for hydroxylation is 12. The van der Waals surface area contributed by atoms with Gasteiger partial charge in [-0.3, -0.25) is 17.9 Å². The van der Waals surface area contributed by atoms with Crippen LogP contribution in [0.3, 0.4) is 0 Å². The van der Waals surface area contributed by atoms with Gasteiger partial charge in [0.2, 0.25) is 13.4 Å². The van der Waals surface area contributed by atoms with E-state index in [4.69, 9.17) is 0 Å². The molecule has 8 heteroatoms. The van der Waals surface area contributed by atoms with Gasteiger partial charge in [-0.25, -0.2) is 0 Å². The molecule has 0 spiro atoms. The van der Waals surface area contributed by atoms with Gasteiger partial charge in [-0.05, 0) is 163 Å². The van der Waals surface area contributed by atoms with Gasteiger partial charge >= 0.3 is 0 Å². The summed E-state index contributed by atoms with van der Waals surface area (Å²) in [5, 5.41) is 0. The van der Waals surface area contributed by atoms with E-state index in [0.717, 1.165) is 17.9 Å². The molecule has 0 bridgehead atoms. The zero-order valence-corrected chi connectivity index (χ0v) is 52.6. The second kappa shape index (κ2) is 20.5. The van der Waals surface area contributed by atoms with Crippen LogP contribution in [0, 0.1) is 83.1 Å². The van der Waals surface area contributed by atoms with Crippen molar-refractivity contribution in [3.05, 3.63) is 164 Å². The van der Waals surface area contributed by atoms with Crippen LogP contribution in [0.15, 0.2) is 97.1 Å². The third-order valence-corrected chi connectivity index (χ3v) is 18.8. The van der Waals surface area contributed by atoms with Crippen LogP contribution in [0.1, 0.15) is 66.8 Å². The zero-order valence-electron chi connectivity index (χ0n) is 51.0. The number of benzene rings is 6. The fraction of sp³-hybridized carbons (Fsp3) is 0.353. The lowest BCUT2D eigenvalue weighted by molar-refractivity contribution is 0.486. The minimum Gasteiger partial charge on any atom is -0.298 e. The fourth-order valence-corrected chi connectivity index (χ4v) is 14.5. The molecular weight excluding hydrogens is 959 g/mol. The molecule has 0 atom stereocenters. The van der Waals surface area contributed by atoms with Gasteiger partial charge in [-0.15, -0.1) is 22.7 Å². The van der Waals surface area contributed by atoms with Crippen LogP contribution in [0.4, 0.5) is 22.7 Å². The molecule has 0 radical (unpaired) electrons. The van der Waals surface area contributed by atoms with E-state index in [2.05, 4.69) is 265 Å². The van der Waals surface area contributed by atoms with E-state index < -0.39 is 0 Å². The van der Waals surface area contributed by atoms with Gasteiger partial charge in [0.25, 0.3) is 0 Å². The molecule has 8 aromatic rings. The molecule has 76 heavy (non-hydrogen) atoms. The first-order valence-electron chi connectivity index (χ1n) is 27.3. The first kappa shape index (κ1) is 56.9. The van der Waals surface area contributed by atoms with Crippen molar-refractivity contribution >= 4 is 91.6 Å². The van der Waals surface area contributed by atoms with Crippen LogP contribution in [0.5, 0.6) is 0 Å². The maximum absolute atomic E-state index is 2.46. The van der Waals surface area contributed by atoms with Gasteiger partial charge in [-0.1, -0.05) is 79.3 Å². The lowest BCUT2D eigenvalue weighted by Crippen LogP contribution is -2.57. The Morgan fingerprint density at radius 1 is 0.237 bits per heavy atom. The van der Waals surface area contributed by atoms with Crippen LogP contribution in [-0.4, -0.2) is 98.0 Å². The monoisotopic (exact) mass is 1050 g/mol. The van der Waals surface area contributed by atoms with Gasteiger partial charge in [0.15, 0.2) is 0 Å². The Balaban J connectivity index is 1.17. The normalized spacial score (nSPS) is 12.5. The lowest BCUT2D eigenvalue weighted by Gasteiger charge is -2.30. The lowest BCUT2D eigenvalue weighted by atomic mass is 9.33. The molecule has 2 aromatic heterocycles. The summed E-state index contributed by atoms with van der Waals surface area (Å²) >= 11 is 3.82. The molecule has 0 N–H and O–H groups in total. The van der Waals surface area contributed by atoms with Crippen LogP contribution >= 0.6 is 22.7 Å². The molecule has 0 saturated heterocycles. The van der Waals surface area contributed by atoms with Crippen LogP contribution in [0.2, 0.25) is 0 Å². The van der Waals surface area contributed by atoms with Crippen LogP contribution in [0.25, 0.3) is 30.6 Å². The molecule has 0 aliphatic heterocycles. The second-order valence-corrected chi connectivity index (χ2v) is 28.4. The summed E-state index contributed by atoms with van der Waals surface area (Å²) < 4.78 is 3.16. The van der Waals surface area contributed by atoms with E-state index in [1.807, 2.05) is 22.7 Å². The van der Waals surface area contributed by atoms with Gasteiger partial charge in [0.1, 0.15) is 22.7 Å². The third-order valence-electron chi connectivity index (χ3n) is 16.4. The summed E-state index contributed by atoms with van der Waals surface area (Å²) in [6.07, 6.45) is 0. The number of hydrogen-bond donors (Lipinski definition) is 0. The molecule has 8 rings (SSSR count). The molecule has 6 aromatic carbocycles. The third kappa shape index (κ3) is 11.1. The molecule has 0 aliphatic carbocycles. The van der Waals surface area contributed by atoms with Crippen molar-refractivity contribution in [2.24, 2.45) is 0 Å². The smallest absolute Gasteiger partial charge is 0.243 e. The van der Waals surface area contributed by atoms with E-state index in [9.17, 15) is 0 Å². The van der Waals surface area contributed by atoms with Gasteiger partial charge < -0.3 is 0 Å². The quantitative estimate of drug-likeness (QED) is 0.0797. The molecule has 4 nitrogen and oxygen atoms in total. The summed E-state index contributed by atoms with van der Waals surface area (Å²) in [5.74, 6) is 0. The molecular formula is C68H88B2N4S2+4. The average Bonchev–Trinajstić information content (AvgIpc) is 3.97. The van der Waals surface area contributed by atoms with Crippen molar-refractivity contribution in [1.82, 2.24) is 17.9 Å².